The molecular formula is C19H27NO2. The molecular weight excluding hydrogens is 274 g/mol. The monoisotopic (exact) mass is 301 g/mol. The number of esters is 1. The first-order valence-corrected chi connectivity index (χ1v) is 8.08. The smallest absolute Gasteiger partial charge is 0.328 e. The van der Waals surface area contributed by atoms with Crippen molar-refractivity contribution in [3.63, 3.8) is 0 Å². The number of anilines is 1. The Morgan fingerprint density at radius 1 is 1.32 bits per heavy atom. The summed E-state index contributed by atoms with van der Waals surface area (Å²) in [5.74, 6) is -0.149. The van der Waals surface area contributed by atoms with Crippen LogP contribution in [-0.4, -0.2) is 24.7 Å². The minimum atomic E-state index is -0.245. The highest BCUT2D eigenvalue weighted by atomic mass is 16.5. The Hall–Kier alpha value is -1.77. The van der Waals surface area contributed by atoms with E-state index < -0.39 is 0 Å². The first kappa shape index (κ1) is 16.6. The lowest BCUT2D eigenvalue weighted by Gasteiger charge is -2.46. The Morgan fingerprint density at radius 2 is 2.00 bits per heavy atom. The molecule has 22 heavy (non-hydrogen) atoms. The van der Waals surface area contributed by atoms with Crippen LogP contribution in [-0.2, 0) is 9.53 Å². The van der Waals surface area contributed by atoms with E-state index in [1.807, 2.05) is 12.1 Å². The number of methoxy groups -OCH3 is 1. The van der Waals surface area contributed by atoms with Crippen LogP contribution in [0.4, 0.5) is 5.69 Å². The molecule has 1 aromatic rings. The number of ether oxygens (including phenoxy) is 1. The minimum Gasteiger partial charge on any atom is -0.467 e. The van der Waals surface area contributed by atoms with Gasteiger partial charge in [0.2, 0.25) is 0 Å². The van der Waals surface area contributed by atoms with E-state index in [1.54, 1.807) is 0 Å². The van der Waals surface area contributed by atoms with Gasteiger partial charge in [-0.1, -0.05) is 44.0 Å². The molecule has 0 amide bonds. The number of carbonyl (C=O) groups is 1. The number of rotatable bonds is 5. The van der Waals surface area contributed by atoms with Crippen LogP contribution in [0.15, 0.2) is 30.3 Å². The maximum Gasteiger partial charge on any atom is 0.328 e. The third kappa shape index (κ3) is 3.03. The Kier molecular flexibility index (Phi) is 4.94. The summed E-state index contributed by atoms with van der Waals surface area (Å²) in [6.07, 6.45) is 5.14. The van der Waals surface area contributed by atoms with E-state index in [9.17, 15) is 4.79 Å². The van der Waals surface area contributed by atoms with Gasteiger partial charge in [0.25, 0.3) is 0 Å². The molecule has 3 nitrogen and oxygen atoms in total. The van der Waals surface area contributed by atoms with Gasteiger partial charge in [0.15, 0.2) is 0 Å². The van der Waals surface area contributed by atoms with Crippen LogP contribution in [0.1, 0.15) is 52.5 Å². The molecule has 1 heterocycles. The average molecular weight is 301 g/mol. The van der Waals surface area contributed by atoms with E-state index in [2.05, 4.69) is 50.8 Å². The zero-order valence-corrected chi connectivity index (χ0v) is 14.3. The molecule has 0 bridgehead atoms. The van der Waals surface area contributed by atoms with Gasteiger partial charge in [-0.25, -0.2) is 4.79 Å². The van der Waals surface area contributed by atoms with Crippen LogP contribution in [0.25, 0.3) is 5.57 Å². The van der Waals surface area contributed by atoms with Crippen molar-refractivity contribution in [2.45, 2.75) is 58.5 Å². The fourth-order valence-electron chi connectivity index (χ4n) is 3.46. The van der Waals surface area contributed by atoms with Crippen molar-refractivity contribution in [3.8, 4) is 0 Å². The van der Waals surface area contributed by atoms with E-state index in [1.165, 1.54) is 18.2 Å². The average Bonchev–Trinajstić information content (AvgIpc) is 2.49. The zero-order valence-electron chi connectivity index (χ0n) is 14.3. The van der Waals surface area contributed by atoms with Crippen molar-refractivity contribution in [1.82, 2.24) is 0 Å². The van der Waals surface area contributed by atoms with E-state index in [0.29, 0.717) is 0 Å². The van der Waals surface area contributed by atoms with Gasteiger partial charge in [0.1, 0.15) is 6.04 Å². The molecule has 0 N–H and O–H groups in total. The number of allylic oxidation sites excluding steroid dienone is 1. The molecule has 1 aromatic carbocycles. The highest BCUT2D eigenvalue weighted by Crippen LogP contribution is 2.40. The molecule has 1 aliphatic heterocycles. The molecule has 0 saturated heterocycles. The summed E-state index contributed by atoms with van der Waals surface area (Å²) in [5.41, 5.74) is 3.37. The Morgan fingerprint density at radius 3 is 2.64 bits per heavy atom. The molecule has 0 radical (unpaired) electrons. The van der Waals surface area contributed by atoms with Gasteiger partial charge in [0.05, 0.1) is 12.6 Å². The second-order valence-electron chi connectivity index (χ2n) is 6.55. The van der Waals surface area contributed by atoms with Crippen LogP contribution in [0.2, 0.25) is 0 Å². The standard InChI is InChI=1S/C19H27NO2/c1-6-7-11-17(18(21)22-5)20-16-12-9-8-10-15(16)14(2)13-19(20,3)4/h8-10,12-13,17H,6-7,11H2,1-5H3/t17-/m1/s1. The van der Waals surface area contributed by atoms with Crippen molar-refractivity contribution in [2.75, 3.05) is 12.0 Å². The fourth-order valence-corrected chi connectivity index (χ4v) is 3.46. The number of unbranched alkanes of at least 4 members (excludes halogenated alkanes) is 1. The molecule has 1 aliphatic rings. The summed E-state index contributed by atoms with van der Waals surface area (Å²) >= 11 is 0. The number of carbonyl (C=O) groups excluding carboxylic acids is 1. The van der Waals surface area contributed by atoms with Gasteiger partial charge in [-0.3, -0.25) is 0 Å². The van der Waals surface area contributed by atoms with E-state index in [4.69, 9.17) is 4.74 Å². The first-order valence-electron chi connectivity index (χ1n) is 8.08. The van der Waals surface area contributed by atoms with Crippen molar-refractivity contribution in [3.05, 3.63) is 35.9 Å². The summed E-state index contributed by atoms with van der Waals surface area (Å²) in [6.45, 7) is 8.60. The van der Waals surface area contributed by atoms with Crippen LogP contribution >= 0.6 is 0 Å². The first-order chi connectivity index (χ1) is 10.4. The molecule has 0 fully saturated rings. The quantitative estimate of drug-likeness (QED) is 0.754. The molecule has 0 spiro atoms. The number of nitrogens with zero attached hydrogens (tertiary/aromatic N) is 1. The largest absolute Gasteiger partial charge is 0.467 e. The van der Waals surface area contributed by atoms with Crippen molar-refractivity contribution in [2.24, 2.45) is 0 Å². The van der Waals surface area contributed by atoms with Gasteiger partial charge in [-0.2, -0.15) is 0 Å². The minimum absolute atomic E-state index is 0.149. The third-order valence-electron chi connectivity index (χ3n) is 4.40. The van der Waals surface area contributed by atoms with Crippen LogP contribution in [0, 0.1) is 0 Å². The topological polar surface area (TPSA) is 29.5 Å². The van der Waals surface area contributed by atoms with Crippen molar-refractivity contribution in [1.29, 1.82) is 0 Å². The van der Waals surface area contributed by atoms with Crippen molar-refractivity contribution >= 4 is 17.2 Å². The molecule has 3 heteroatoms. The summed E-state index contributed by atoms with van der Waals surface area (Å²) in [4.78, 5) is 14.6. The molecule has 0 aromatic heterocycles. The molecule has 0 saturated carbocycles. The van der Waals surface area contributed by atoms with Gasteiger partial charge < -0.3 is 9.64 Å². The molecule has 0 aliphatic carbocycles. The number of hydrogen-bond donors (Lipinski definition) is 0. The summed E-state index contributed by atoms with van der Waals surface area (Å²) < 4.78 is 5.10. The number of para-hydroxylation sites is 1. The Balaban J connectivity index is 2.51. The summed E-state index contributed by atoms with van der Waals surface area (Å²) in [5, 5.41) is 0. The highest BCUT2D eigenvalue weighted by Gasteiger charge is 2.39. The second-order valence-corrected chi connectivity index (χ2v) is 6.55. The SMILES string of the molecule is CCCC[C@H](C(=O)OC)N1c2ccccc2C(C)=CC1(C)C. The lowest BCUT2D eigenvalue weighted by molar-refractivity contribution is -0.142. The van der Waals surface area contributed by atoms with Gasteiger partial charge in [-0.05, 0) is 38.8 Å². The molecule has 1 atom stereocenters. The number of fused-ring (bicyclic) bond motifs is 1. The Labute approximate surface area is 134 Å². The molecule has 120 valence electrons. The van der Waals surface area contributed by atoms with Gasteiger partial charge >= 0.3 is 5.97 Å². The third-order valence-corrected chi connectivity index (χ3v) is 4.40. The van der Waals surface area contributed by atoms with E-state index >= 15 is 0 Å². The zero-order chi connectivity index (χ0) is 16.3. The van der Waals surface area contributed by atoms with E-state index in [-0.39, 0.29) is 17.6 Å². The molecule has 0 unspecified atom stereocenters. The van der Waals surface area contributed by atoms with Crippen LogP contribution < -0.4 is 4.90 Å². The number of hydrogen-bond acceptors (Lipinski definition) is 3. The lowest BCUT2D eigenvalue weighted by Crippen LogP contribution is -2.54. The summed E-state index contributed by atoms with van der Waals surface area (Å²) in [6, 6.07) is 8.07. The second kappa shape index (κ2) is 6.55. The van der Waals surface area contributed by atoms with Gasteiger partial charge in [-0.15, -0.1) is 0 Å². The molecule has 2 rings (SSSR count). The Bertz CT molecular complexity index is 575. The van der Waals surface area contributed by atoms with E-state index in [0.717, 1.165) is 24.9 Å². The fraction of sp³-hybridized carbons (Fsp3) is 0.526. The maximum atomic E-state index is 12.4. The van der Waals surface area contributed by atoms with Gasteiger partial charge in [0, 0.05) is 11.3 Å². The predicted molar refractivity (Wildman–Crippen MR) is 92.0 cm³/mol. The van der Waals surface area contributed by atoms with Crippen molar-refractivity contribution < 1.29 is 9.53 Å². The maximum absolute atomic E-state index is 12.4. The normalized spacial score (nSPS) is 17.5. The number of benzene rings is 1. The predicted octanol–water partition coefficient (Wildman–Crippen LogP) is 4.42. The summed E-state index contributed by atoms with van der Waals surface area (Å²) in [7, 11) is 1.48. The van der Waals surface area contributed by atoms with Crippen LogP contribution in [0.5, 0.6) is 0 Å². The highest BCUT2D eigenvalue weighted by molar-refractivity contribution is 5.87. The van der Waals surface area contributed by atoms with Crippen LogP contribution in [0.3, 0.4) is 0 Å². The lowest BCUT2D eigenvalue weighted by atomic mass is 9.86.